The van der Waals surface area contributed by atoms with Crippen LogP contribution in [0, 0.1) is 0 Å². The highest BCUT2D eigenvalue weighted by Crippen LogP contribution is 2.37. The molecule has 32 heavy (non-hydrogen) atoms. The van der Waals surface area contributed by atoms with Crippen LogP contribution in [-0.2, 0) is 20.9 Å². The van der Waals surface area contributed by atoms with Crippen molar-refractivity contribution in [1.29, 1.82) is 0 Å². The quantitative estimate of drug-likeness (QED) is 0.504. The number of H-pyrrole nitrogens is 1. The van der Waals surface area contributed by atoms with E-state index in [1.54, 1.807) is 33.0 Å². The summed E-state index contributed by atoms with van der Waals surface area (Å²) in [7, 11) is 0. The molecule has 0 atom stereocenters. The van der Waals surface area contributed by atoms with Gasteiger partial charge < -0.3 is 14.5 Å². The fraction of sp³-hybridized carbons (Fsp3) is 0.208. The summed E-state index contributed by atoms with van der Waals surface area (Å²) < 4.78 is 11.1. The molecule has 1 N–H and O–H groups in total. The number of ether oxygens (including phenoxy) is 2. The Morgan fingerprint density at radius 2 is 1.78 bits per heavy atom. The van der Waals surface area contributed by atoms with E-state index in [0.29, 0.717) is 22.8 Å². The molecule has 1 aliphatic heterocycles. The summed E-state index contributed by atoms with van der Waals surface area (Å²) in [4.78, 5) is 41.7. The Kier molecular flexibility index (Phi) is 5.64. The number of nitrogens with one attached hydrogen (secondary N) is 1. The first-order valence-corrected chi connectivity index (χ1v) is 10.7. The molecule has 0 saturated heterocycles. The van der Waals surface area contributed by atoms with Gasteiger partial charge in [0.2, 0.25) is 0 Å². The molecule has 0 aliphatic carbocycles. The molecule has 0 saturated carbocycles. The number of rotatable bonds is 4. The lowest BCUT2D eigenvalue weighted by molar-refractivity contribution is -0.135. The van der Waals surface area contributed by atoms with E-state index in [1.807, 2.05) is 42.5 Å². The Labute approximate surface area is 193 Å². The fourth-order valence-corrected chi connectivity index (χ4v) is 3.91. The number of amides is 3. The molecule has 0 fully saturated rings. The summed E-state index contributed by atoms with van der Waals surface area (Å²) in [6.45, 7) is 5.41. The van der Waals surface area contributed by atoms with Crippen LogP contribution >= 0.6 is 15.9 Å². The number of aromatic amines is 1. The monoisotopic (exact) mass is 496 g/mol. The van der Waals surface area contributed by atoms with Crippen molar-refractivity contribution in [3.8, 4) is 5.75 Å². The summed E-state index contributed by atoms with van der Waals surface area (Å²) in [5.41, 5.74) is 1.54. The van der Waals surface area contributed by atoms with E-state index >= 15 is 0 Å². The average molecular weight is 497 g/mol. The maximum Gasteiger partial charge on any atom is 0.424 e. The number of fused-ring (bicyclic) bond motifs is 1. The van der Waals surface area contributed by atoms with Gasteiger partial charge in [-0.2, -0.15) is 4.90 Å². The maximum absolute atomic E-state index is 13.0. The number of nitrogens with zero attached hydrogens (tertiary/aromatic N) is 1. The third kappa shape index (κ3) is 4.18. The van der Waals surface area contributed by atoms with Crippen LogP contribution in [-0.4, -0.2) is 33.4 Å². The Hall–Kier alpha value is -3.39. The molecule has 2 aromatic carbocycles. The van der Waals surface area contributed by atoms with Gasteiger partial charge in [-0.1, -0.05) is 30.3 Å². The second kappa shape index (κ2) is 8.27. The highest BCUT2D eigenvalue weighted by molar-refractivity contribution is 9.12. The lowest BCUT2D eigenvalue weighted by atomic mass is 10.1. The van der Waals surface area contributed by atoms with Crippen LogP contribution in [0.2, 0.25) is 0 Å². The van der Waals surface area contributed by atoms with Crippen molar-refractivity contribution in [1.82, 2.24) is 9.88 Å². The van der Waals surface area contributed by atoms with E-state index in [2.05, 4.69) is 20.9 Å². The van der Waals surface area contributed by atoms with Gasteiger partial charge in [0, 0.05) is 28.7 Å². The minimum atomic E-state index is -1.00. The van der Waals surface area contributed by atoms with Crippen molar-refractivity contribution in [2.75, 3.05) is 0 Å². The molecule has 0 spiro atoms. The highest BCUT2D eigenvalue weighted by Gasteiger charge is 2.44. The Bertz CT molecular complexity index is 1250. The SMILES string of the molecule is CC(C)(C)OC(=O)N1C(=O)C(Br)=C(c2c[nH]c3cc(OCc4ccccc4)ccc23)C1=O. The largest absolute Gasteiger partial charge is 0.489 e. The molecule has 2 heterocycles. The first kappa shape index (κ1) is 21.8. The van der Waals surface area contributed by atoms with Crippen LogP contribution < -0.4 is 4.74 Å². The lowest BCUT2D eigenvalue weighted by Crippen LogP contribution is -2.41. The standard InChI is InChI=1S/C24H21BrN2O5/c1-24(2,3)32-23(30)27-21(28)19(20(25)22(27)29)17-12-26-18-11-15(9-10-16(17)18)31-13-14-7-5-4-6-8-14/h4-12,26H,13H2,1-3H3. The van der Waals surface area contributed by atoms with E-state index in [1.165, 1.54) is 0 Å². The number of carbonyl (C=O) groups excluding carboxylic acids is 3. The summed E-state index contributed by atoms with van der Waals surface area (Å²) in [6, 6.07) is 15.2. The van der Waals surface area contributed by atoms with E-state index in [0.717, 1.165) is 16.5 Å². The Morgan fingerprint density at radius 3 is 2.47 bits per heavy atom. The molecular formula is C24H21BrN2O5. The van der Waals surface area contributed by atoms with E-state index in [9.17, 15) is 14.4 Å². The van der Waals surface area contributed by atoms with Gasteiger partial charge in [0.25, 0.3) is 11.8 Å². The van der Waals surface area contributed by atoms with Gasteiger partial charge in [-0.25, -0.2) is 4.79 Å². The molecule has 0 unspecified atom stereocenters. The summed E-state index contributed by atoms with van der Waals surface area (Å²) in [5, 5.41) is 0.719. The van der Waals surface area contributed by atoms with Gasteiger partial charge in [-0.05, 0) is 54.4 Å². The third-order valence-corrected chi connectivity index (χ3v) is 5.51. The maximum atomic E-state index is 13.0. The van der Waals surface area contributed by atoms with Crippen LogP contribution in [0.3, 0.4) is 0 Å². The number of hydrogen-bond donors (Lipinski definition) is 1. The Balaban J connectivity index is 1.60. The van der Waals surface area contributed by atoms with Gasteiger partial charge in [0.05, 0.1) is 10.1 Å². The highest BCUT2D eigenvalue weighted by atomic mass is 79.9. The minimum Gasteiger partial charge on any atom is -0.489 e. The van der Waals surface area contributed by atoms with Crippen LogP contribution in [0.5, 0.6) is 5.75 Å². The topological polar surface area (TPSA) is 88.7 Å². The lowest BCUT2D eigenvalue weighted by Gasteiger charge is -2.22. The second-order valence-electron chi connectivity index (χ2n) is 8.30. The van der Waals surface area contributed by atoms with Gasteiger partial charge in [0.1, 0.15) is 18.0 Å². The fourth-order valence-electron chi connectivity index (χ4n) is 3.35. The van der Waals surface area contributed by atoms with E-state index < -0.39 is 23.5 Å². The first-order valence-electron chi connectivity index (χ1n) is 9.95. The molecule has 8 heteroatoms. The van der Waals surface area contributed by atoms with Crippen LogP contribution in [0.15, 0.2) is 59.2 Å². The molecule has 1 aromatic heterocycles. The zero-order valence-electron chi connectivity index (χ0n) is 17.8. The Morgan fingerprint density at radius 1 is 1.06 bits per heavy atom. The van der Waals surface area contributed by atoms with Crippen molar-refractivity contribution in [2.45, 2.75) is 33.0 Å². The number of halogens is 1. The average Bonchev–Trinajstić information content (AvgIpc) is 3.23. The zero-order valence-corrected chi connectivity index (χ0v) is 19.4. The number of aromatic nitrogens is 1. The predicted molar refractivity (Wildman–Crippen MR) is 123 cm³/mol. The van der Waals surface area contributed by atoms with Gasteiger partial charge in [-0.3, -0.25) is 9.59 Å². The molecule has 3 aromatic rings. The van der Waals surface area contributed by atoms with Crippen LogP contribution in [0.4, 0.5) is 4.79 Å². The van der Waals surface area contributed by atoms with Gasteiger partial charge >= 0.3 is 6.09 Å². The molecule has 0 bridgehead atoms. The molecule has 3 amide bonds. The van der Waals surface area contributed by atoms with E-state index in [4.69, 9.17) is 9.47 Å². The first-order chi connectivity index (χ1) is 15.2. The molecule has 0 radical (unpaired) electrons. The van der Waals surface area contributed by atoms with Crippen molar-refractivity contribution < 1.29 is 23.9 Å². The normalized spacial score (nSPS) is 14.4. The number of benzene rings is 2. The summed E-state index contributed by atoms with van der Waals surface area (Å²) in [5.74, 6) is -0.829. The molecule has 1 aliphatic rings. The predicted octanol–water partition coefficient (Wildman–Crippen LogP) is 5.16. The number of carbonyl (C=O) groups is 3. The molecule has 7 nitrogen and oxygen atoms in total. The van der Waals surface area contributed by atoms with Gasteiger partial charge in [0.15, 0.2) is 0 Å². The van der Waals surface area contributed by atoms with Crippen molar-refractivity contribution in [3.05, 3.63) is 70.3 Å². The third-order valence-electron chi connectivity index (χ3n) is 4.77. The molecule has 4 rings (SSSR count). The van der Waals surface area contributed by atoms with Crippen LogP contribution in [0.1, 0.15) is 31.9 Å². The zero-order chi connectivity index (χ0) is 23.0. The smallest absolute Gasteiger partial charge is 0.424 e. The summed E-state index contributed by atoms with van der Waals surface area (Å²) in [6.07, 6.45) is 0.627. The second-order valence-corrected chi connectivity index (χ2v) is 9.09. The number of hydrogen-bond acceptors (Lipinski definition) is 5. The summed E-state index contributed by atoms with van der Waals surface area (Å²) >= 11 is 3.19. The molecular weight excluding hydrogens is 476 g/mol. The van der Waals surface area contributed by atoms with Gasteiger partial charge in [-0.15, -0.1) is 0 Å². The van der Waals surface area contributed by atoms with Crippen molar-refractivity contribution in [2.24, 2.45) is 0 Å². The van der Waals surface area contributed by atoms with Crippen LogP contribution in [0.25, 0.3) is 16.5 Å². The van der Waals surface area contributed by atoms with Crippen molar-refractivity contribution in [3.63, 3.8) is 0 Å². The van der Waals surface area contributed by atoms with E-state index in [-0.39, 0.29) is 10.1 Å². The number of imide groups is 3. The van der Waals surface area contributed by atoms with Crippen molar-refractivity contribution >= 4 is 50.3 Å². The molecule has 164 valence electrons. The minimum absolute atomic E-state index is 0.0127.